The number of hydrogen-bond acceptors (Lipinski definition) is 5. The molecule has 1 aromatic carbocycles. The van der Waals surface area contributed by atoms with Gasteiger partial charge in [-0.15, -0.1) is 0 Å². The molecule has 0 radical (unpaired) electrons. The van der Waals surface area contributed by atoms with Gasteiger partial charge in [-0.25, -0.2) is 9.78 Å². The van der Waals surface area contributed by atoms with Crippen molar-refractivity contribution in [2.45, 2.75) is 66.3 Å². The summed E-state index contributed by atoms with van der Waals surface area (Å²) in [5.41, 5.74) is 2.35. The largest absolute Gasteiger partial charge is 0.491 e. The summed E-state index contributed by atoms with van der Waals surface area (Å²) >= 11 is 0. The van der Waals surface area contributed by atoms with Gasteiger partial charge in [-0.05, 0) is 71.7 Å². The van der Waals surface area contributed by atoms with Gasteiger partial charge in [0.1, 0.15) is 11.6 Å². The van der Waals surface area contributed by atoms with Gasteiger partial charge in [0.2, 0.25) is 6.41 Å². The standard InChI is InChI=1S/C23H30N2O5/c1-13(2)29-17-10-8-16(9-11-17)19-15(4)25-21(24-12-26)14(3)18(19)20(22(27)28)30-23(5,6)7/h8-13,20H,1-7H3,(H,27,28)(H,24,25,26). The number of anilines is 1. The van der Waals surface area contributed by atoms with E-state index >= 15 is 0 Å². The summed E-state index contributed by atoms with van der Waals surface area (Å²) < 4.78 is 11.6. The molecule has 0 bridgehead atoms. The number of carbonyl (C=O) groups is 2. The third kappa shape index (κ3) is 5.57. The van der Waals surface area contributed by atoms with Crippen molar-refractivity contribution in [3.63, 3.8) is 0 Å². The van der Waals surface area contributed by atoms with Crippen LogP contribution in [0.5, 0.6) is 5.75 Å². The van der Waals surface area contributed by atoms with Crippen molar-refractivity contribution >= 4 is 18.2 Å². The lowest BCUT2D eigenvalue weighted by atomic mass is 9.91. The zero-order valence-electron chi connectivity index (χ0n) is 18.6. The van der Waals surface area contributed by atoms with Crippen LogP contribution in [-0.2, 0) is 14.3 Å². The van der Waals surface area contributed by atoms with Crippen molar-refractivity contribution in [3.8, 4) is 16.9 Å². The molecule has 0 spiro atoms. The molecule has 30 heavy (non-hydrogen) atoms. The normalized spacial score (nSPS) is 12.5. The number of aliphatic carboxylic acids is 1. The van der Waals surface area contributed by atoms with Gasteiger partial charge < -0.3 is 19.9 Å². The molecule has 0 aliphatic heterocycles. The summed E-state index contributed by atoms with van der Waals surface area (Å²) in [5, 5.41) is 12.5. The number of hydrogen-bond donors (Lipinski definition) is 2. The molecule has 2 N–H and O–H groups in total. The molecular formula is C23H30N2O5. The van der Waals surface area contributed by atoms with E-state index in [9.17, 15) is 14.7 Å². The van der Waals surface area contributed by atoms with Gasteiger partial charge in [0, 0.05) is 16.8 Å². The Balaban J connectivity index is 2.73. The average Bonchev–Trinajstić information content (AvgIpc) is 2.62. The topological polar surface area (TPSA) is 97.8 Å². The van der Waals surface area contributed by atoms with Crippen molar-refractivity contribution in [1.82, 2.24) is 4.98 Å². The Morgan fingerprint density at radius 1 is 1.17 bits per heavy atom. The first kappa shape index (κ1) is 23.3. The molecule has 2 rings (SSSR count). The van der Waals surface area contributed by atoms with Crippen LogP contribution in [0, 0.1) is 13.8 Å². The molecule has 0 fully saturated rings. The Labute approximate surface area is 177 Å². The maximum Gasteiger partial charge on any atom is 0.337 e. The van der Waals surface area contributed by atoms with E-state index in [1.807, 2.05) is 38.1 Å². The maximum atomic E-state index is 12.2. The molecule has 0 saturated heterocycles. The number of carboxylic acid groups (broad SMARTS) is 1. The van der Waals surface area contributed by atoms with E-state index in [1.165, 1.54) is 0 Å². The number of nitrogens with zero attached hydrogens (tertiary/aromatic N) is 1. The monoisotopic (exact) mass is 414 g/mol. The van der Waals surface area contributed by atoms with Crippen LogP contribution in [0.1, 0.15) is 57.5 Å². The van der Waals surface area contributed by atoms with E-state index in [1.54, 1.807) is 34.6 Å². The van der Waals surface area contributed by atoms with E-state index in [0.717, 1.165) is 11.3 Å². The van der Waals surface area contributed by atoms with Gasteiger partial charge in [-0.2, -0.15) is 0 Å². The Kier molecular flexibility index (Phi) is 7.21. The number of benzene rings is 1. The smallest absolute Gasteiger partial charge is 0.337 e. The van der Waals surface area contributed by atoms with Crippen molar-refractivity contribution in [2.75, 3.05) is 5.32 Å². The Morgan fingerprint density at radius 3 is 2.23 bits per heavy atom. The number of ether oxygens (including phenoxy) is 2. The minimum atomic E-state index is -1.24. The summed E-state index contributed by atoms with van der Waals surface area (Å²) in [6.45, 7) is 12.8. The van der Waals surface area contributed by atoms with E-state index in [2.05, 4.69) is 10.3 Å². The average molecular weight is 415 g/mol. The number of carbonyl (C=O) groups excluding carboxylic acids is 1. The molecular weight excluding hydrogens is 384 g/mol. The van der Waals surface area contributed by atoms with Crippen molar-refractivity contribution in [1.29, 1.82) is 0 Å². The van der Waals surface area contributed by atoms with Gasteiger partial charge in [0.15, 0.2) is 6.10 Å². The van der Waals surface area contributed by atoms with Crippen LogP contribution in [0.2, 0.25) is 0 Å². The first-order chi connectivity index (χ1) is 13.9. The van der Waals surface area contributed by atoms with Crippen LogP contribution >= 0.6 is 0 Å². The fourth-order valence-electron chi connectivity index (χ4n) is 3.26. The summed E-state index contributed by atoms with van der Waals surface area (Å²) in [6, 6.07) is 7.42. The van der Waals surface area contributed by atoms with Crippen LogP contribution in [0.25, 0.3) is 11.1 Å². The number of aryl methyl sites for hydroxylation is 1. The maximum absolute atomic E-state index is 12.2. The Morgan fingerprint density at radius 2 is 1.77 bits per heavy atom. The molecule has 1 heterocycles. The summed E-state index contributed by atoms with van der Waals surface area (Å²) in [4.78, 5) is 27.7. The fraction of sp³-hybridized carbons (Fsp3) is 0.435. The second-order valence-electron chi connectivity index (χ2n) is 8.36. The van der Waals surface area contributed by atoms with Crippen LogP contribution in [0.15, 0.2) is 24.3 Å². The van der Waals surface area contributed by atoms with Crippen molar-refractivity contribution in [3.05, 3.63) is 41.1 Å². The predicted octanol–water partition coefficient (Wildman–Crippen LogP) is 4.66. The minimum Gasteiger partial charge on any atom is -0.491 e. The van der Waals surface area contributed by atoms with Gasteiger partial charge >= 0.3 is 5.97 Å². The highest BCUT2D eigenvalue weighted by Crippen LogP contribution is 2.39. The Hall–Kier alpha value is -2.93. The van der Waals surface area contributed by atoms with E-state index in [0.29, 0.717) is 34.6 Å². The van der Waals surface area contributed by atoms with Crippen molar-refractivity contribution in [2.24, 2.45) is 0 Å². The van der Waals surface area contributed by atoms with E-state index in [4.69, 9.17) is 9.47 Å². The molecule has 0 saturated carbocycles. The molecule has 0 aliphatic rings. The zero-order chi connectivity index (χ0) is 22.6. The second-order valence-corrected chi connectivity index (χ2v) is 8.36. The zero-order valence-corrected chi connectivity index (χ0v) is 18.6. The lowest BCUT2D eigenvalue weighted by molar-refractivity contribution is -0.160. The van der Waals surface area contributed by atoms with Crippen LogP contribution in [0.4, 0.5) is 5.82 Å². The molecule has 1 amide bonds. The second kappa shape index (κ2) is 9.26. The third-order valence-electron chi connectivity index (χ3n) is 4.34. The lowest BCUT2D eigenvalue weighted by Crippen LogP contribution is -2.28. The highest BCUT2D eigenvalue weighted by Gasteiger charge is 2.32. The quantitative estimate of drug-likeness (QED) is 0.610. The number of aromatic nitrogens is 1. The number of rotatable bonds is 8. The van der Waals surface area contributed by atoms with E-state index < -0.39 is 17.7 Å². The number of pyridine rings is 1. The number of carboxylic acids is 1. The summed E-state index contributed by atoms with van der Waals surface area (Å²) in [7, 11) is 0. The van der Waals surface area contributed by atoms with Gasteiger partial charge in [0.25, 0.3) is 0 Å². The van der Waals surface area contributed by atoms with Crippen LogP contribution in [-0.4, -0.2) is 34.2 Å². The molecule has 162 valence electrons. The highest BCUT2D eigenvalue weighted by atomic mass is 16.5. The molecule has 1 aromatic heterocycles. The summed E-state index contributed by atoms with van der Waals surface area (Å²) in [6.07, 6.45) is -0.667. The van der Waals surface area contributed by atoms with Crippen molar-refractivity contribution < 1.29 is 24.2 Å². The number of nitrogens with one attached hydrogen (secondary N) is 1. The lowest BCUT2D eigenvalue weighted by Gasteiger charge is -2.29. The SMILES string of the molecule is Cc1nc(NC=O)c(C)c(C(OC(C)(C)C)C(=O)O)c1-c1ccc(OC(C)C)cc1. The highest BCUT2D eigenvalue weighted by molar-refractivity contribution is 5.85. The Bertz CT molecular complexity index is 915. The third-order valence-corrected chi connectivity index (χ3v) is 4.34. The predicted molar refractivity (Wildman–Crippen MR) is 116 cm³/mol. The molecule has 0 aliphatic carbocycles. The first-order valence-electron chi connectivity index (χ1n) is 9.83. The first-order valence-corrected chi connectivity index (χ1v) is 9.83. The van der Waals surface area contributed by atoms with Gasteiger partial charge in [-0.3, -0.25) is 4.79 Å². The van der Waals surface area contributed by atoms with Crippen LogP contribution < -0.4 is 10.1 Å². The fourth-order valence-corrected chi connectivity index (χ4v) is 3.26. The van der Waals surface area contributed by atoms with E-state index in [-0.39, 0.29) is 6.10 Å². The van der Waals surface area contributed by atoms with Gasteiger partial charge in [-0.1, -0.05) is 12.1 Å². The molecule has 7 nitrogen and oxygen atoms in total. The minimum absolute atomic E-state index is 0.0438. The van der Waals surface area contributed by atoms with Crippen LogP contribution in [0.3, 0.4) is 0 Å². The molecule has 2 aromatic rings. The number of amides is 1. The van der Waals surface area contributed by atoms with Gasteiger partial charge in [0.05, 0.1) is 11.7 Å². The molecule has 7 heteroatoms. The molecule has 1 unspecified atom stereocenters. The summed E-state index contributed by atoms with van der Waals surface area (Å²) in [5.74, 6) is -0.0842. The molecule has 1 atom stereocenters.